The summed E-state index contributed by atoms with van der Waals surface area (Å²) >= 11 is 5.65. The molecule has 0 aliphatic carbocycles. The molecule has 16 heavy (non-hydrogen) atoms. The predicted octanol–water partition coefficient (Wildman–Crippen LogP) is 1.69. The Morgan fingerprint density at radius 3 is 2.75 bits per heavy atom. The lowest BCUT2D eigenvalue weighted by Gasteiger charge is -2.21. The quantitative estimate of drug-likeness (QED) is 0.822. The summed E-state index contributed by atoms with van der Waals surface area (Å²) in [6, 6.07) is 2.18. The molecular formula is C10H9ClFNO3. The molecule has 1 N–H and O–H groups in total. The Balaban J connectivity index is 3.25. The highest BCUT2D eigenvalue weighted by atomic mass is 35.5. The number of halogens is 2. The summed E-state index contributed by atoms with van der Waals surface area (Å²) in [4.78, 5) is 22.3. The first-order valence-electron chi connectivity index (χ1n) is 4.32. The zero-order valence-corrected chi connectivity index (χ0v) is 9.11. The largest absolute Gasteiger partial charge is 0.479 e. The number of hydrogen-bond donors (Lipinski definition) is 1. The van der Waals surface area contributed by atoms with E-state index in [1.807, 2.05) is 0 Å². The lowest BCUT2D eigenvalue weighted by Crippen LogP contribution is -2.30. The third kappa shape index (κ3) is 2.49. The minimum absolute atomic E-state index is 0.144. The summed E-state index contributed by atoms with van der Waals surface area (Å²) in [5.74, 6) is -2.04. The lowest BCUT2D eigenvalue weighted by molar-refractivity contribution is -0.145. The molecule has 0 aliphatic heterocycles. The van der Waals surface area contributed by atoms with Crippen molar-refractivity contribution in [1.29, 1.82) is 0 Å². The molecule has 1 aromatic carbocycles. The molecular weight excluding hydrogens is 237 g/mol. The highest BCUT2D eigenvalue weighted by molar-refractivity contribution is 6.30. The Morgan fingerprint density at radius 2 is 2.25 bits per heavy atom. The number of carbonyl (C=O) groups is 2. The van der Waals surface area contributed by atoms with Crippen LogP contribution < -0.4 is 0 Å². The maximum absolute atomic E-state index is 13.4. The van der Waals surface area contributed by atoms with E-state index in [0.717, 1.165) is 11.0 Å². The second-order valence-corrected chi connectivity index (χ2v) is 3.61. The van der Waals surface area contributed by atoms with E-state index in [9.17, 15) is 14.0 Å². The number of likely N-dealkylation sites (N-methyl/N-ethyl adjacent to an activating group) is 1. The van der Waals surface area contributed by atoms with Gasteiger partial charge in [0.05, 0.1) is 0 Å². The molecule has 1 unspecified atom stereocenters. The summed E-state index contributed by atoms with van der Waals surface area (Å²) in [7, 11) is 1.26. The van der Waals surface area contributed by atoms with Crippen LogP contribution in [0.2, 0.25) is 5.02 Å². The molecule has 0 aromatic heterocycles. The van der Waals surface area contributed by atoms with Gasteiger partial charge in [0.1, 0.15) is 5.82 Å². The second kappa shape index (κ2) is 4.94. The van der Waals surface area contributed by atoms with Crippen LogP contribution in [0.3, 0.4) is 0 Å². The molecule has 1 aromatic rings. The average Bonchev–Trinajstić information content (AvgIpc) is 2.22. The molecule has 0 heterocycles. The Bertz CT molecular complexity index is 425. The van der Waals surface area contributed by atoms with Gasteiger partial charge in [-0.2, -0.15) is 0 Å². The van der Waals surface area contributed by atoms with Crippen molar-refractivity contribution in [3.8, 4) is 0 Å². The molecule has 1 rings (SSSR count). The number of carboxylic acid groups (broad SMARTS) is 1. The van der Waals surface area contributed by atoms with Gasteiger partial charge in [-0.15, -0.1) is 0 Å². The summed E-state index contributed by atoms with van der Waals surface area (Å²) < 4.78 is 13.4. The van der Waals surface area contributed by atoms with E-state index in [2.05, 4.69) is 0 Å². The highest BCUT2D eigenvalue weighted by Gasteiger charge is 2.26. The smallest absolute Gasteiger partial charge is 0.331 e. The van der Waals surface area contributed by atoms with Crippen molar-refractivity contribution in [3.05, 3.63) is 34.6 Å². The van der Waals surface area contributed by atoms with E-state index in [1.165, 1.54) is 19.2 Å². The van der Waals surface area contributed by atoms with Crippen LogP contribution in [0.1, 0.15) is 11.6 Å². The summed E-state index contributed by atoms with van der Waals surface area (Å²) in [5, 5.41) is 9.14. The van der Waals surface area contributed by atoms with Gasteiger partial charge in [-0.25, -0.2) is 9.18 Å². The van der Waals surface area contributed by atoms with E-state index in [-0.39, 0.29) is 10.6 Å². The number of aliphatic carboxylic acids is 1. The number of nitrogens with zero attached hydrogens (tertiary/aromatic N) is 1. The number of benzene rings is 1. The minimum atomic E-state index is -1.38. The van der Waals surface area contributed by atoms with Crippen LogP contribution in [0.4, 0.5) is 4.39 Å². The molecule has 6 heteroatoms. The van der Waals surface area contributed by atoms with Crippen LogP contribution >= 0.6 is 11.6 Å². The molecule has 0 spiro atoms. The third-order valence-corrected chi connectivity index (χ3v) is 2.30. The van der Waals surface area contributed by atoms with Crippen molar-refractivity contribution in [2.24, 2.45) is 0 Å². The zero-order valence-electron chi connectivity index (χ0n) is 8.35. The molecule has 0 aliphatic rings. The fourth-order valence-electron chi connectivity index (χ4n) is 1.31. The third-order valence-electron chi connectivity index (χ3n) is 2.06. The Labute approximate surface area is 96.2 Å². The van der Waals surface area contributed by atoms with Gasteiger partial charge < -0.3 is 10.0 Å². The monoisotopic (exact) mass is 245 g/mol. The van der Waals surface area contributed by atoms with Crippen molar-refractivity contribution in [2.75, 3.05) is 7.05 Å². The SMILES string of the molecule is CN(C=O)C(C(=O)O)c1cc(Cl)ccc1F. The van der Waals surface area contributed by atoms with Crippen molar-refractivity contribution in [2.45, 2.75) is 6.04 Å². The highest BCUT2D eigenvalue weighted by Crippen LogP contribution is 2.24. The van der Waals surface area contributed by atoms with Crippen LogP contribution in [0, 0.1) is 5.82 Å². The average molecular weight is 246 g/mol. The van der Waals surface area contributed by atoms with Crippen molar-refractivity contribution in [1.82, 2.24) is 4.90 Å². The summed E-state index contributed by atoms with van der Waals surface area (Å²) in [6.45, 7) is 0. The van der Waals surface area contributed by atoms with E-state index >= 15 is 0 Å². The Kier molecular flexibility index (Phi) is 3.84. The fraction of sp³-hybridized carbons (Fsp3) is 0.200. The maximum atomic E-state index is 13.4. The number of hydrogen-bond acceptors (Lipinski definition) is 2. The molecule has 0 saturated heterocycles. The molecule has 4 nitrogen and oxygen atoms in total. The molecule has 0 fully saturated rings. The zero-order chi connectivity index (χ0) is 12.3. The number of amides is 1. The Morgan fingerprint density at radius 1 is 1.62 bits per heavy atom. The molecule has 1 atom stereocenters. The molecule has 0 saturated carbocycles. The lowest BCUT2D eigenvalue weighted by atomic mass is 10.1. The van der Waals surface area contributed by atoms with Crippen molar-refractivity contribution in [3.63, 3.8) is 0 Å². The van der Waals surface area contributed by atoms with Gasteiger partial charge in [-0.05, 0) is 18.2 Å². The van der Waals surface area contributed by atoms with Crippen LogP contribution in [0.15, 0.2) is 18.2 Å². The summed E-state index contributed by atoms with van der Waals surface area (Å²) in [5.41, 5.74) is -0.144. The number of carboxylic acids is 1. The van der Waals surface area contributed by atoms with Gasteiger partial charge >= 0.3 is 5.97 Å². The van der Waals surface area contributed by atoms with Gasteiger partial charge in [0.2, 0.25) is 6.41 Å². The van der Waals surface area contributed by atoms with E-state index in [0.29, 0.717) is 6.41 Å². The minimum Gasteiger partial charge on any atom is -0.479 e. The van der Waals surface area contributed by atoms with Gasteiger partial charge in [0.25, 0.3) is 0 Å². The molecule has 86 valence electrons. The fourth-order valence-corrected chi connectivity index (χ4v) is 1.49. The van der Waals surface area contributed by atoms with Crippen molar-refractivity contribution >= 4 is 24.0 Å². The Hall–Kier alpha value is -1.62. The number of rotatable bonds is 4. The molecule has 0 radical (unpaired) electrons. The standard InChI is InChI=1S/C10H9ClFNO3/c1-13(5-14)9(10(15)16)7-4-6(11)2-3-8(7)12/h2-5,9H,1H3,(H,15,16). The van der Waals surface area contributed by atoms with Crippen LogP contribution in [-0.2, 0) is 9.59 Å². The van der Waals surface area contributed by atoms with Crippen LogP contribution in [0.5, 0.6) is 0 Å². The van der Waals surface area contributed by atoms with Gasteiger partial charge in [0, 0.05) is 17.6 Å². The maximum Gasteiger partial charge on any atom is 0.331 e. The topological polar surface area (TPSA) is 57.6 Å². The van der Waals surface area contributed by atoms with Crippen molar-refractivity contribution < 1.29 is 19.1 Å². The van der Waals surface area contributed by atoms with Gasteiger partial charge in [-0.1, -0.05) is 11.6 Å². The second-order valence-electron chi connectivity index (χ2n) is 3.18. The first kappa shape index (κ1) is 12.4. The first-order valence-corrected chi connectivity index (χ1v) is 4.70. The summed E-state index contributed by atoms with van der Waals surface area (Å²) in [6.07, 6.45) is 0.319. The van der Waals surface area contributed by atoms with E-state index in [1.54, 1.807) is 0 Å². The molecule has 1 amide bonds. The first-order chi connectivity index (χ1) is 7.47. The normalized spacial score (nSPS) is 11.9. The van der Waals surface area contributed by atoms with E-state index in [4.69, 9.17) is 16.7 Å². The van der Waals surface area contributed by atoms with Crippen LogP contribution in [-0.4, -0.2) is 29.4 Å². The number of carbonyl (C=O) groups excluding carboxylic acids is 1. The van der Waals surface area contributed by atoms with Gasteiger partial charge in [0.15, 0.2) is 6.04 Å². The van der Waals surface area contributed by atoms with E-state index < -0.39 is 17.8 Å². The van der Waals surface area contributed by atoms with Gasteiger partial charge in [-0.3, -0.25) is 4.79 Å². The molecule has 0 bridgehead atoms. The van der Waals surface area contributed by atoms with Crippen LogP contribution in [0.25, 0.3) is 0 Å². The predicted molar refractivity (Wildman–Crippen MR) is 55.6 cm³/mol.